The molecule has 0 atom stereocenters. The number of nitrogens with one attached hydrogen (secondary N) is 1. The summed E-state index contributed by atoms with van der Waals surface area (Å²) in [6, 6.07) is 17.6. The fourth-order valence-electron chi connectivity index (χ4n) is 4.11. The van der Waals surface area contributed by atoms with Gasteiger partial charge in [0.1, 0.15) is 5.82 Å². The van der Waals surface area contributed by atoms with E-state index in [4.69, 9.17) is 26.4 Å². The molecule has 11 heteroatoms. The molecule has 0 radical (unpaired) electrons. The van der Waals surface area contributed by atoms with E-state index in [0.717, 1.165) is 46.1 Å². The minimum Gasteiger partial charge on any atom is -0.449 e. The third-order valence-corrected chi connectivity index (χ3v) is 6.04. The molecule has 36 heavy (non-hydrogen) atoms. The standard InChI is InChI=1S/C25H22ClN7O3/c1-2-3-8-21-28-22(26)24(36-25(34)35)33(21)14-15-9-11-19-16(13-15)10-12-20(27-19)17-6-4-5-7-18(17)23-29-31-32-30-23/h4-7,9-13H,2-3,8,14H2,1H3,(H,34,35)(H,29,30,31,32). The Bertz CT molecular complexity index is 1530. The van der Waals surface area contributed by atoms with Gasteiger partial charge in [-0.1, -0.05) is 61.3 Å². The summed E-state index contributed by atoms with van der Waals surface area (Å²) < 4.78 is 6.68. The summed E-state index contributed by atoms with van der Waals surface area (Å²) in [7, 11) is 0. The van der Waals surface area contributed by atoms with Crippen LogP contribution in [0.2, 0.25) is 5.15 Å². The van der Waals surface area contributed by atoms with Gasteiger partial charge in [0, 0.05) is 22.9 Å². The molecular formula is C25H22ClN7O3. The molecule has 10 nitrogen and oxygen atoms in total. The lowest BCUT2D eigenvalue weighted by molar-refractivity contribution is 0.140. The Hall–Kier alpha value is -4.31. The van der Waals surface area contributed by atoms with Gasteiger partial charge in [0.15, 0.2) is 11.0 Å². The molecule has 0 aliphatic heterocycles. The molecule has 3 heterocycles. The molecule has 2 aromatic carbocycles. The molecule has 0 unspecified atom stereocenters. The second-order valence-corrected chi connectivity index (χ2v) is 8.56. The number of carbonyl (C=O) groups is 1. The molecule has 3 aromatic heterocycles. The number of halogens is 1. The molecule has 5 aromatic rings. The lowest BCUT2D eigenvalue weighted by atomic mass is 10.0. The van der Waals surface area contributed by atoms with Gasteiger partial charge in [-0.25, -0.2) is 19.9 Å². The van der Waals surface area contributed by atoms with Crippen LogP contribution in [0, 0.1) is 0 Å². The number of benzene rings is 2. The highest BCUT2D eigenvalue weighted by molar-refractivity contribution is 6.30. The van der Waals surface area contributed by atoms with Crippen LogP contribution in [0.25, 0.3) is 33.5 Å². The van der Waals surface area contributed by atoms with Crippen LogP contribution >= 0.6 is 11.6 Å². The number of aromatic nitrogens is 7. The van der Waals surface area contributed by atoms with Crippen LogP contribution in [0.4, 0.5) is 4.79 Å². The van der Waals surface area contributed by atoms with Crippen LogP contribution in [0.15, 0.2) is 54.6 Å². The second kappa shape index (κ2) is 10.1. The van der Waals surface area contributed by atoms with E-state index in [0.29, 0.717) is 24.6 Å². The van der Waals surface area contributed by atoms with Crippen LogP contribution in [-0.2, 0) is 13.0 Å². The Labute approximate surface area is 210 Å². The van der Waals surface area contributed by atoms with Crippen molar-refractivity contribution in [3.63, 3.8) is 0 Å². The van der Waals surface area contributed by atoms with Gasteiger partial charge in [0.25, 0.3) is 0 Å². The molecule has 0 fully saturated rings. The van der Waals surface area contributed by atoms with E-state index in [2.05, 4.69) is 32.5 Å². The number of nitrogens with zero attached hydrogens (tertiary/aromatic N) is 6. The molecule has 0 amide bonds. The molecule has 2 N–H and O–H groups in total. The molecule has 5 rings (SSSR count). The fourth-order valence-corrected chi connectivity index (χ4v) is 4.35. The number of hydrogen-bond acceptors (Lipinski definition) is 7. The van der Waals surface area contributed by atoms with Crippen molar-refractivity contribution in [1.29, 1.82) is 0 Å². The van der Waals surface area contributed by atoms with Gasteiger partial charge in [-0.05, 0) is 40.6 Å². The smallest absolute Gasteiger partial charge is 0.449 e. The Morgan fingerprint density at radius 3 is 2.69 bits per heavy atom. The van der Waals surface area contributed by atoms with Gasteiger partial charge in [0.2, 0.25) is 5.88 Å². The van der Waals surface area contributed by atoms with Crippen molar-refractivity contribution in [3.05, 3.63) is 71.1 Å². The van der Waals surface area contributed by atoms with Gasteiger partial charge in [-0.2, -0.15) is 0 Å². The molecule has 182 valence electrons. The van der Waals surface area contributed by atoms with E-state index in [1.807, 2.05) is 54.6 Å². The summed E-state index contributed by atoms with van der Waals surface area (Å²) in [6.07, 6.45) is 1.10. The number of H-pyrrole nitrogens is 1. The van der Waals surface area contributed by atoms with Crippen molar-refractivity contribution in [2.45, 2.75) is 32.7 Å². The number of tetrazole rings is 1. The quantitative estimate of drug-likeness (QED) is 0.270. The van der Waals surface area contributed by atoms with E-state index in [1.165, 1.54) is 0 Å². The largest absolute Gasteiger partial charge is 0.512 e. The highest BCUT2D eigenvalue weighted by Crippen LogP contribution is 2.31. The predicted molar refractivity (Wildman–Crippen MR) is 134 cm³/mol. The average molecular weight is 504 g/mol. The van der Waals surface area contributed by atoms with Crippen molar-refractivity contribution in [1.82, 2.24) is 35.2 Å². The van der Waals surface area contributed by atoms with Crippen molar-refractivity contribution < 1.29 is 14.6 Å². The number of ether oxygens (including phenoxy) is 1. The number of hydrogen-bond donors (Lipinski definition) is 2. The van der Waals surface area contributed by atoms with E-state index in [1.54, 1.807) is 4.57 Å². The van der Waals surface area contributed by atoms with Crippen LogP contribution in [0.1, 0.15) is 31.2 Å². The molecule has 0 aliphatic rings. The van der Waals surface area contributed by atoms with Crippen LogP contribution in [-0.4, -0.2) is 46.4 Å². The first-order valence-corrected chi connectivity index (χ1v) is 11.8. The maximum atomic E-state index is 11.2. The summed E-state index contributed by atoms with van der Waals surface area (Å²) in [6.45, 7) is 2.44. The summed E-state index contributed by atoms with van der Waals surface area (Å²) in [5.41, 5.74) is 4.31. The van der Waals surface area contributed by atoms with Gasteiger partial charge >= 0.3 is 6.16 Å². The zero-order valence-corrected chi connectivity index (χ0v) is 20.1. The van der Waals surface area contributed by atoms with Gasteiger partial charge in [-0.3, -0.25) is 4.57 Å². The summed E-state index contributed by atoms with van der Waals surface area (Å²) in [5, 5.41) is 24.3. The Kier molecular flexibility index (Phi) is 6.59. The number of rotatable bonds is 8. The molecule has 0 saturated carbocycles. The van der Waals surface area contributed by atoms with E-state index in [9.17, 15) is 4.79 Å². The topological polar surface area (TPSA) is 132 Å². The fraction of sp³-hybridized carbons (Fsp3) is 0.200. The number of imidazole rings is 1. The van der Waals surface area contributed by atoms with Crippen LogP contribution < -0.4 is 4.74 Å². The zero-order valence-electron chi connectivity index (χ0n) is 19.3. The molecule has 0 saturated heterocycles. The van der Waals surface area contributed by atoms with E-state index in [-0.39, 0.29) is 11.0 Å². The number of aryl methyl sites for hydroxylation is 1. The SMILES string of the molecule is CCCCc1nc(Cl)c(OC(=O)O)n1Cc1ccc2nc(-c3ccccc3-c3nnn[nH]3)ccc2c1. The Morgan fingerprint density at radius 2 is 1.94 bits per heavy atom. The van der Waals surface area contributed by atoms with E-state index >= 15 is 0 Å². The van der Waals surface area contributed by atoms with Gasteiger partial charge in [0.05, 0.1) is 17.8 Å². The first-order valence-electron chi connectivity index (χ1n) is 11.4. The highest BCUT2D eigenvalue weighted by Gasteiger charge is 2.20. The predicted octanol–water partition coefficient (Wildman–Crippen LogP) is 5.38. The maximum Gasteiger partial charge on any atom is 0.512 e. The third-order valence-electron chi connectivity index (χ3n) is 5.80. The number of pyridine rings is 1. The molecule has 0 bridgehead atoms. The minimum absolute atomic E-state index is 0.0300. The van der Waals surface area contributed by atoms with E-state index < -0.39 is 6.16 Å². The number of aromatic amines is 1. The molecule has 0 spiro atoms. The molecular weight excluding hydrogens is 482 g/mol. The lowest BCUT2D eigenvalue weighted by Crippen LogP contribution is -2.12. The van der Waals surface area contributed by atoms with Crippen molar-refractivity contribution >= 4 is 28.7 Å². The van der Waals surface area contributed by atoms with Crippen LogP contribution in [0.3, 0.4) is 0 Å². The lowest BCUT2D eigenvalue weighted by Gasteiger charge is -2.12. The Balaban J connectivity index is 1.48. The van der Waals surface area contributed by atoms with Gasteiger partial charge in [-0.15, -0.1) is 5.10 Å². The first kappa shape index (κ1) is 23.4. The summed E-state index contributed by atoms with van der Waals surface area (Å²) in [5.74, 6) is 1.28. The Morgan fingerprint density at radius 1 is 1.11 bits per heavy atom. The third kappa shape index (κ3) is 4.76. The summed E-state index contributed by atoms with van der Waals surface area (Å²) in [4.78, 5) is 20.4. The van der Waals surface area contributed by atoms with Crippen molar-refractivity contribution in [2.24, 2.45) is 0 Å². The second-order valence-electron chi connectivity index (χ2n) is 8.20. The number of carboxylic acid groups (broad SMARTS) is 1. The van der Waals surface area contributed by atoms with Crippen molar-refractivity contribution in [2.75, 3.05) is 0 Å². The maximum absolute atomic E-state index is 11.2. The van der Waals surface area contributed by atoms with Crippen molar-refractivity contribution in [3.8, 4) is 28.5 Å². The van der Waals surface area contributed by atoms with Gasteiger partial charge < -0.3 is 9.84 Å². The number of unbranched alkanes of at least 4 members (excludes halogenated alkanes) is 1. The highest BCUT2D eigenvalue weighted by atomic mass is 35.5. The van der Waals surface area contributed by atoms with Crippen LogP contribution in [0.5, 0.6) is 5.88 Å². The number of fused-ring (bicyclic) bond motifs is 1. The first-order chi connectivity index (χ1) is 17.5. The summed E-state index contributed by atoms with van der Waals surface area (Å²) >= 11 is 6.21. The minimum atomic E-state index is -1.43. The average Bonchev–Trinajstić information content (AvgIpc) is 3.52. The molecule has 0 aliphatic carbocycles. The normalized spacial score (nSPS) is 11.2. The zero-order chi connectivity index (χ0) is 25.1. The monoisotopic (exact) mass is 503 g/mol.